The highest BCUT2D eigenvalue weighted by atomic mass is 16.3. The summed E-state index contributed by atoms with van der Waals surface area (Å²) in [6, 6.07) is 4.01. The summed E-state index contributed by atoms with van der Waals surface area (Å²) in [6.45, 7) is 16.3. The van der Waals surface area contributed by atoms with Crippen molar-refractivity contribution in [1.82, 2.24) is 14.9 Å². The molecule has 1 heterocycles. The van der Waals surface area contributed by atoms with Crippen LogP contribution in [0.15, 0.2) is 17.2 Å². The smallest absolute Gasteiger partial charge is 0.151 e. The molecule has 1 aromatic carbocycles. The van der Waals surface area contributed by atoms with Gasteiger partial charge in [0.15, 0.2) is 11.6 Å². The number of aromatic hydroxyl groups is 1. The van der Waals surface area contributed by atoms with E-state index in [1.807, 2.05) is 26.0 Å². The number of phenolic OH excluding ortho intramolecular Hbond substituents is 1. The number of aromatic nitrogens is 3. The Morgan fingerprint density at radius 3 is 1.71 bits per heavy atom. The third-order valence-electron chi connectivity index (χ3n) is 4.02. The summed E-state index contributed by atoms with van der Waals surface area (Å²) in [6.07, 6.45) is 1.80. The van der Waals surface area contributed by atoms with Crippen molar-refractivity contribution in [3.8, 4) is 5.75 Å². The van der Waals surface area contributed by atoms with Crippen molar-refractivity contribution in [1.29, 1.82) is 0 Å². The molecule has 0 fully saturated rings. The van der Waals surface area contributed by atoms with Gasteiger partial charge >= 0.3 is 0 Å². The van der Waals surface area contributed by atoms with Gasteiger partial charge in [-0.3, -0.25) is 0 Å². The Morgan fingerprint density at radius 1 is 0.917 bits per heavy atom. The zero-order valence-electron chi connectivity index (χ0n) is 16.0. The monoisotopic (exact) mass is 328 g/mol. The molecule has 1 aromatic heterocycles. The first-order chi connectivity index (χ1) is 10.9. The predicted molar refractivity (Wildman–Crippen MR) is 98.0 cm³/mol. The molecule has 24 heavy (non-hydrogen) atoms. The van der Waals surface area contributed by atoms with Crippen molar-refractivity contribution < 1.29 is 5.11 Å². The molecule has 1 N–H and O–H groups in total. The Hall–Kier alpha value is -2.17. The van der Waals surface area contributed by atoms with Crippen LogP contribution < -0.4 is 0 Å². The molecule has 0 aliphatic heterocycles. The number of rotatable bonds is 2. The molecule has 5 nitrogen and oxygen atoms in total. The summed E-state index contributed by atoms with van der Waals surface area (Å²) in [5, 5.41) is 23.3. The van der Waals surface area contributed by atoms with Crippen LogP contribution in [0.2, 0.25) is 0 Å². The molecule has 2 aromatic rings. The first-order valence-corrected chi connectivity index (χ1v) is 8.22. The van der Waals surface area contributed by atoms with Crippen LogP contribution >= 0.6 is 0 Å². The lowest BCUT2D eigenvalue weighted by molar-refractivity contribution is 0.423. The van der Waals surface area contributed by atoms with Crippen LogP contribution in [0.1, 0.15) is 69.9 Å². The number of phenols is 1. The lowest BCUT2D eigenvalue weighted by atomic mass is 9.78. The van der Waals surface area contributed by atoms with E-state index in [4.69, 9.17) is 0 Å². The fourth-order valence-corrected chi connectivity index (χ4v) is 2.63. The molecule has 2 rings (SSSR count). The van der Waals surface area contributed by atoms with E-state index in [1.165, 1.54) is 0 Å². The topological polar surface area (TPSA) is 63.3 Å². The summed E-state index contributed by atoms with van der Waals surface area (Å²) < 4.78 is 1.71. The molecule has 0 atom stereocenters. The van der Waals surface area contributed by atoms with Crippen LogP contribution in [0.4, 0.5) is 0 Å². The van der Waals surface area contributed by atoms with Crippen LogP contribution in [-0.2, 0) is 10.8 Å². The van der Waals surface area contributed by atoms with Crippen LogP contribution in [0.5, 0.6) is 5.75 Å². The summed E-state index contributed by atoms with van der Waals surface area (Å²) in [7, 11) is 0. The van der Waals surface area contributed by atoms with E-state index in [1.54, 1.807) is 10.9 Å². The largest absolute Gasteiger partial charge is 0.507 e. The highest BCUT2D eigenvalue weighted by Gasteiger charge is 2.26. The molecule has 0 aliphatic carbocycles. The molecule has 0 aliphatic rings. The molecule has 5 heteroatoms. The second kappa shape index (κ2) is 6.04. The Bertz CT molecular complexity index is 719. The molecule has 130 valence electrons. The van der Waals surface area contributed by atoms with Gasteiger partial charge in [-0.1, -0.05) is 41.5 Å². The van der Waals surface area contributed by atoms with Gasteiger partial charge in [0, 0.05) is 11.1 Å². The molecule has 0 radical (unpaired) electrons. The first-order valence-electron chi connectivity index (χ1n) is 8.22. The minimum atomic E-state index is -0.156. The summed E-state index contributed by atoms with van der Waals surface area (Å²) in [4.78, 5) is 0. The van der Waals surface area contributed by atoms with E-state index in [0.29, 0.717) is 5.75 Å². The van der Waals surface area contributed by atoms with Gasteiger partial charge in [-0.05, 0) is 42.4 Å². The standard InChI is InChI=1S/C19H28N4O/c1-12-21-22-13(2)23(12)20-11-14-9-15(18(3,4)5)17(24)16(10-14)19(6,7)8/h9-11,24H,1-8H3. The summed E-state index contributed by atoms with van der Waals surface area (Å²) in [5.41, 5.74) is 2.49. The van der Waals surface area contributed by atoms with Crippen LogP contribution in [-0.4, -0.2) is 26.2 Å². The van der Waals surface area contributed by atoms with Gasteiger partial charge in [0.05, 0.1) is 6.21 Å². The van der Waals surface area contributed by atoms with Gasteiger partial charge in [0.1, 0.15) is 5.75 Å². The maximum atomic E-state index is 10.8. The van der Waals surface area contributed by atoms with Gasteiger partial charge in [-0.15, -0.1) is 10.2 Å². The molecule has 0 saturated carbocycles. The molecule has 0 unspecified atom stereocenters. The first kappa shape index (κ1) is 18.2. The highest BCUT2D eigenvalue weighted by molar-refractivity contribution is 5.81. The average molecular weight is 328 g/mol. The number of benzene rings is 1. The SMILES string of the molecule is Cc1nnc(C)n1N=Cc1cc(C(C)(C)C)c(O)c(C(C)(C)C)c1. The normalized spacial score (nSPS) is 13.0. The van der Waals surface area contributed by atoms with E-state index in [0.717, 1.165) is 28.3 Å². The zero-order valence-corrected chi connectivity index (χ0v) is 16.0. The van der Waals surface area contributed by atoms with Crippen molar-refractivity contribution in [2.75, 3.05) is 0 Å². The summed E-state index contributed by atoms with van der Waals surface area (Å²) >= 11 is 0. The lowest BCUT2D eigenvalue weighted by Gasteiger charge is -2.27. The van der Waals surface area contributed by atoms with Crippen LogP contribution in [0.3, 0.4) is 0 Å². The minimum Gasteiger partial charge on any atom is -0.507 e. The number of nitrogens with zero attached hydrogens (tertiary/aromatic N) is 4. The third kappa shape index (κ3) is 3.66. The Balaban J connectivity index is 2.59. The van der Waals surface area contributed by atoms with Crippen molar-refractivity contribution in [3.05, 3.63) is 40.5 Å². The van der Waals surface area contributed by atoms with Crippen molar-refractivity contribution in [2.24, 2.45) is 5.10 Å². The Kier molecular flexibility index (Phi) is 4.57. The Labute approximate surface area is 144 Å². The van der Waals surface area contributed by atoms with Crippen LogP contribution in [0.25, 0.3) is 0 Å². The van der Waals surface area contributed by atoms with E-state index >= 15 is 0 Å². The average Bonchev–Trinajstić information content (AvgIpc) is 2.74. The van der Waals surface area contributed by atoms with Crippen molar-refractivity contribution in [3.63, 3.8) is 0 Å². The zero-order chi connectivity index (χ0) is 18.3. The van der Waals surface area contributed by atoms with E-state index in [9.17, 15) is 5.11 Å². The van der Waals surface area contributed by atoms with Gasteiger partial charge in [0.25, 0.3) is 0 Å². The fourth-order valence-electron chi connectivity index (χ4n) is 2.63. The van der Waals surface area contributed by atoms with Crippen molar-refractivity contribution in [2.45, 2.75) is 66.2 Å². The number of aryl methyl sites for hydroxylation is 2. The van der Waals surface area contributed by atoms with Gasteiger partial charge in [-0.25, -0.2) is 4.68 Å². The molecule has 0 saturated heterocycles. The predicted octanol–water partition coefficient (Wildman–Crippen LogP) is 4.08. The quantitative estimate of drug-likeness (QED) is 0.845. The van der Waals surface area contributed by atoms with Gasteiger partial charge < -0.3 is 5.11 Å². The molecule has 0 spiro atoms. The van der Waals surface area contributed by atoms with Gasteiger partial charge in [-0.2, -0.15) is 5.10 Å². The number of hydrogen-bond acceptors (Lipinski definition) is 4. The van der Waals surface area contributed by atoms with Crippen molar-refractivity contribution >= 4 is 6.21 Å². The minimum absolute atomic E-state index is 0.156. The Morgan fingerprint density at radius 2 is 1.33 bits per heavy atom. The van der Waals surface area contributed by atoms with E-state index < -0.39 is 0 Å². The summed E-state index contributed by atoms with van der Waals surface area (Å²) in [5.74, 6) is 1.87. The second-order valence-electron chi connectivity index (χ2n) is 8.32. The number of hydrogen-bond donors (Lipinski definition) is 1. The maximum absolute atomic E-state index is 10.8. The lowest BCUT2D eigenvalue weighted by Crippen LogP contribution is -2.18. The fraction of sp³-hybridized carbons (Fsp3) is 0.526. The molecule has 0 bridgehead atoms. The maximum Gasteiger partial charge on any atom is 0.151 e. The van der Waals surface area contributed by atoms with Crippen LogP contribution in [0, 0.1) is 13.8 Å². The van der Waals surface area contributed by atoms with E-state index in [-0.39, 0.29) is 10.8 Å². The van der Waals surface area contributed by atoms with E-state index in [2.05, 4.69) is 56.8 Å². The molecular weight excluding hydrogens is 300 g/mol. The third-order valence-corrected chi connectivity index (χ3v) is 4.02. The van der Waals surface area contributed by atoms with Gasteiger partial charge in [0.2, 0.25) is 0 Å². The molecular formula is C19H28N4O. The highest BCUT2D eigenvalue weighted by Crippen LogP contribution is 2.39. The molecule has 0 amide bonds. The second-order valence-corrected chi connectivity index (χ2v) is 8.32.